The van der Waals surface area contributed by atoms with Crippen molar-refractivity contribution in [2.24, 2.45) is 0 Å². The average Bonchev–Trinajstić information content (AvgIpc) is 2.84. The Morgan fingerprint density at radius 1 is 1.47 bits per heavy atom. The van der Waals surface area contributed by atoms with Crippen LogP contribution in [0.1, 0.15) is 6.92 Å². The van der Waals surface area contributed by atoms with Crippen molar-refractivity contribution in [1.29, 1.82) is 0 Å². The number of anilines is 1. The molecule has 0 fully saturated rings. The van der Waals surface area contributed by atoms with E-state index in [1.54, 1.807) is 5.38 Å². The van der Waals surface area contributed by atoms with Gasteiger partial charge in [-0.25, -0.2) is 13.4 Å². The molecule has 0 aliphatic heterocycles. The largest absolute Gasteiger partial charge is 0.492 e. The van der Waals surface area contributed by atoms with Gasteiger partial charge < -0.3 is 4.74 Å². The standard InChI is InChI=1S/C11H11ClN2O3S2/c1-2-17-10-4-3-8(7-9(10)12)19(15,16)14-11-13-5-6-18-11/h3-7H,2H2,1H3,(H,13,14). The van der Waals surface area contributed by atoms with Crippen molar-refractivity contribution >= 4 is 38.1 Å². The van der Waals surface area contributed by atoms with Gasteiger partial charge in [-0.1, -0.05) is 11.6 Å². The highest BCUT2D eigenvalue weighted by molar-refractivity contribution is 7.93. The van der Waals surface area contributed by atoms with E-state index < -0.39 is 10.0 Å². The molecule has 0 aliphatic carbocycles. The molecule has 0 atom stereocenters. The van der Waals surface area contributed by atoms with Crippen molar-refractivity contribution in [2.45, 2.75) is 11.8 Å². The molecule has 1 N–H and O–H groups in total. The number of rotatable bonds is 5. The van der Waals surface area contributed by atoms with Crippen LogP contribution in [0.4, 0.5) is 5.13 Å². The lowest BCUT2D eigenvalue weighted by Crippen LogP contribution is -2.12. The number of hydrogen-bond donors (Lipinski definition) is 1. The van der Waals surface area contributed by atoms with Crippen LogP contribution in [0.25, 0.3) is 0 Å². The zero-order valence-corrected chi connectivity index (χ0v) is 12.3. The Kier molecular flexibility index (Phi) is 4.28. The Balaban J connectivity index is 2.28. The molecule has 2 aromatic rings. The highest BCUT2D eigenvalue weighted by atomic mass is 35.5. The highest BCUT2D eigenvalue weighted by Crippen LogP contribution is 2.28. The van der Waals surface area contributed by atoms with E-state index in [4.69, 9.17) is 16.3 Å². The fourth-order valence-corrected chi connectivity index (χ4v) is 3.48. The molecule has 0 aliphatic rings. The minimum Gasteiger partial charge on any atom is -0.492 e. The van der Waals surface area contributed by atoms with Crippen LogP contribution < -0.4 is 9.46 Å². The molecule has 1 aromatic carbocycles. The summed E-state index contributed by atoms with van der Waals surface area (Å²) < 4.78 is 31.8. The van der Waals surface area contributed by atoms with E-state index >= 15 is 0 Å². The number of hydrogen-bond acceptors (Lipinski definition) is 5. The second-order valence-corrected chi connectivity index (χ2v) is 6.45. The molecule has 0 spiro atoms. The van der Waals surface area contributed by atoms with Gasteiger partial charge in [0.05, 0.1) is 16.5 Å². The summed E-state index contributed by atoms with van der Waals surface area (Å²) in [5.74, 6) is 0.456. The third kappa shape index (κ3) is 3.37. The quantitative estimate of drug-likeness (QED) is 0.920. The van der Waals surface area contributed by atoms with Gasteiger partial charge in [0.15, 0.2) is 5.13 Å². The molecule has 0 amide bonds. The molecule has 0 saturated heterocycles. The predicted octanol–water partition coefficient (Wildman–Crippen LogP) is 3.00. The first-order valence-corrected chi connectivity index (χ1v) is 8.11. The van der Waals surface area contributed by atoms with E-state index in [0.29, 0.717) is 17.5 Å². The van der Waals surface area contributed by atoms with Crippen molar-refractivity contribution in [3.8, 4) is 5.75 Å². The molecular weight excluding hydrogens is 308 g/mol. The first kappa shape index (κ1) is 14.1. The topological polar surface area (TPSA) is 68.3 Å². The maximum atomic E-state index is 12.1. The van der Waals surface area contributed by atoms with Gasteiger partial charge in [-0.05, 0) is 25.1 Å². The molecule has 1 aromatic heterocycles. The van der Waals surface area contributed by atoms with Crippen LogP contribution >= 0.6 is 22.9 Å². The molecular formula is C11H11ClN2O3S2. The zero-order chi connectivity index (χ0) is 13.9. The Bertz CT molecular complexity index is 657. The van der Waals surface area contributed by atoms with Crippen LogP contribution in [0.3, 0.4) is 0 Å². The Morgan fingerprint density at radius 3 is 2.84 bits per heavy atom. The number of benzene rings is 1. The lowest BCUT2D eigenvalue weighted by Gasteiger charge is -2.08. The third-order valence-corrected chi connectivity index (χ3v) is 4.62. The maximum absolute atomic E-state index is 12.1. The number of nitrogens with one attached hydrogen (secondary N) is 1. The van der Waals surface area contributed by atoms with Crippen LogP contribution in [0.15, 0.2) is 34.7 Å². The summed E-state index contributed by atoms with van der Waals surface area (Å²) in [6, 6.07) is 4.32. The van der Waals surface area contributed by atoms with Crippen LogP contribution in [-0.4, -0.2) is 20.0 Å². The van der Waals surface area contributed by atoms with Crippen molar-refractivity contribution in [3.63, 3.8) is 0 Å². The molecule has 1 heterocycles. The highest BCUT2D eigenvalue weighted by Gasteiger charge is 2.17. The SMILES string of the molecule is CCOc1ccc(S(=O)(=O)Nc2nccs2)cc1Cl. The minimum atomic E-state index is -3.68. The number of nitrogens with zero attached hydrogens (tertiary/aromatic N) is 1. The number of aromatic nitrogens is 1. The summed E-state index contributed by atoms with van der Waals surface area (Å²) in [4.78, 5) is 3.93. The predicted molar refractivity (Wildman–Crippen MR) is 75.5 cm³/mol. The number of thiazole rings is 1. The van der Waals surface area contributed by atoms with Crippen molar-refractivity contribution in [2.75, 3.05) is 11.3 Å². The number of sulfonamides is 1. The molecule has 2 rings (SSSR count). The fraction of sp³-hybridized carbons (Fsp3) is 0.182. The van der Waals surface area contributed by atoms with E-state index in [2.05, 4.69) is 9.71 Å². The smallest absolute Gasteiger partial charge is 0.263 e. The van der Waals surface area contributed by atoms with E-state index in [-0.39, 0.29) is 9.92 Å². The summed E-state index contributed by atoms with van der Waals surface area (Å²) in [6.45, 7) is 2.29. The van der Waals surface area contributed by atoms with Gasteiger partial charge in [0.2, 0.25) is 0 Å². The van der Waals surface area contributed by atoms with Crippen LogP contribution in [-0.2, 0) is 10.0 Å². The first-order valence-electron chi connectivity index (χ1n) is 5.37. The molecule has 0 radical (unpaired) electrons. The van der Waals surface area contributed by atoms with Gasteiger partial charge >= 0.3 is 0 Å². The van der Waals surface area contributed by atoms with Gasteiger partial charge in [0.25, 0.3) is 10.0 Å². The van der Waals surface area contributed by atoms with E-state index in [1.165, 1.54) is 35.7 Å². The summed E-state index contributed by atoms with van der Waals surface area (Å²) in [7, 11) is -3.68. The van der Waals surface area contributed by atoms with Gasteiger partial charge in [-0.3, -0.25) is 4.72 Å². The second kappa shape index (κ2) is 5.77. The number of ether oxygens (including phenoxy) is 1. The summed E-state index contributed by atoms with van der Waals surface area (Å²) in [5.41, 5.74) is 0. The molecule has 0 unspecified atom stereocenters. The van der Waals surface area contributed by atoms with E-state index in [0.717, 1.165) is 0 Å². The van der Waals surface area contributed by atoms with Gasteiger partial charge in [0, 0.05) is 11.6 Å². The Hall–Kier alpha value is -1.31. The van der Waals surface area contributed by atoms with E-state index in [9.17, 15) is 8.42 Å². The lowest BCUT2D eigenvalue weighted by atomic mass is 10.3. The maximum Gasteiger partial charge on any atom is 0.263 e. The second-order valence-electron chi connectivity index (χ2n) is 3.47. The number of halogens is 1. The fourth-order valence-electron chi connectivity index (χ4n) is 1.37. The summed E-state index contributed by atoms with van der Waals surface area (Å²) in [5, 5.41) is 2.25. The van der Waals surface area contributed by atoms with Crippen LogP contribution in [0.2, 0.25) is 5.02 Å². The van der Waals surface area contributed by atoms with Crippen molar-refractivity contribution in [1.82, 2.24) is 4.98 Å². The normalized spacial score (nSPS) is 11.3. The van der Waals surface area contributed by atoms with Crippen molar-refractivity contribution in [3.05, 3.63) is 34.8 Å². The Morgan fingerprint density at radius 2 is 2.26 bits per heavy atom. The average molecular weight is 319 g/mol. The van der Waals surface area contributed by atoms with Crippen molar-refractivity contribution < 1.29 is 13.2 Å². The summed E-state index contributed by atoms with van der Waals surface area (Å²) >= 11 is 7.17. The molecule has 5 nitrogen and oxygen atoms in total. The third-order valence-electron chi connectivity index (χ3n) is 2.17. The van der Waals surface area contributed by atoms with E-state index in [1.807, 2.05) is 6.92 Å². The molecule has 8 heteroatoms. The molecule has 0 bridgehead atoms. The molecule has 0 saturated carbocycles. The lowest BCUT2D eigenvalue weighted by molar-refractivity contribution is 0.340. The van der Waals surface area contributed by atoms with Crippen LogP contribution in [0.5, 0.6) is 5.75 Å². The minimum absolute atomic E-state index is 0.0659. The first-order chi connectivity index (χ1) is 9.03. The Labute approximate surface area is 120 Å². The van der Waals surface area contributed by atoms with Gasteiger partial charge in [-0.2, -0.15) is 0 Å². The zero-order valence-electron chi connectivity index (χ0n) is 9.96. The summed E-state index contributed by atoms with van der Waals surface area (Å²) in [6.07, 6.45) is 1.52. The van der Waals surface area contributed by atoms with Gasteiger partial charge in [0.1, 0.15) is 5.75 Å². The van der Waals surface area contributed by atoms with Gasteiger partial charge in [-0.15, -0.1) is 11.3 Å². The molecule has 102 valence electrons. The van der Waals surface area contributed by atoms with Crippen LogP contribution in [0, 0.1) is 0 Å². The monoisotopic (exact) mass is 318 g/mol. The molecule has 19 heavy (non-hydrogen) atoms.